The van der Waals surface area contributed by atoms with Crippen LogP contribution in [0.3, 0.4) is 0 Å². The molecule has 1 saturated heterocycles. The van der Waals surface area contributed by atoms with Gasteiger partial charge in [-0.15, -0.1) is 11.3 Å². The van der Waals surface area contributed by atoms with Crippen LogP contribution in [-0.2, 0) is 16.6 Å². The fourth-order valence-electron chi connectivity index (χ4n) is 4.42. The maximum absolute atomic E-state index is 13.2. The van der Waals surface area contributed by atoms with Crippen molar-refractivity contribution < 1.29 is 13.2 Å². The first-order valence-electron chi connectivity index (χ1n) is 12.3. The molecule has 0 bridgehead atoms. The molecule has 0 unspecified atom stereocenters. The van der Waals surface area contributed by atoms with Crippen LogP contribution in [0.15, 0.2) is 88.3 Å². The molecule has 1 aliphatic heterocycles. The van der Waals surface area contributed by atoms with Gasteiger partial charge in [-0.3, -0.25) is 4.98 Å². The number of thiazole rings is 1. The number of ether oxygens (including phenoxy) is 1. The van der Waals surface area contributed by atoms with Crippen LogP contribution >= 0.6 is 11.3 Å². The number of rotatable bonds is 7. The molecule has 2 aromatic heterocycles. The third kappa shape index (κ3) is 5.69. The summed E-state index contributed by atoms with van der Waals surface area (Å²) in [5, 5.41) is 2.06. The number of hydrogen-bond donors (Lipinski definition) is 0. The minimum Gasteiger partial charge on any atom is -0.497 e. The summed E-state index contributed by atoms with van der Waals surface area (Å²) < 4.78 is 35.4. The Balaban J connectivity index is 1.50. The highest BCUT2D eigenvalue weighted by Gasteiger charge is 2.28. The van der Waals surface area contributed by atoms with Crippen molar-refractivity contribution in [3.05, 3.63) is 88.8 Å². The van der Waals surface area contributed by atoms with E-state index in [1.54, 1.807) is 41.1 Å². The van der Waals surface area contributed by atoms with Gasteiger partial charge in [0.15, 0.2) is 4.80 Å². The molecule has 37 heavy (non-hydrogen) atoms. The Bertz CT molecular complexity index is 1500. The second-order valence-corrected chi connectivity index (χ2v) is 12.0. The van der Waals surface area contributed by atoms with Gasteiger partial charge in [0.2, 0.25) is 10.0 Å². The van der Waals surface area contributed by atoms with E-state index in [9.17, 15) is 8.42 Å². The number of benzene rings is 2. The largest absolute Gasteiger partial charge is 0.497 e. The summed E-state index contributed by atoms with van der Waals surface area (Å²) >= 11 is 1.55. The highest BCUT2D eigenvalue weighted by Crippen LogP contribution is 2.27. The van der Waals surface area contributed by atoms with E-state index in [0.29, 0.717) is 30.4 Å². The van der Waals surface area contributed by atoms with Gasteiger partial charge in [-0.25, -0.2) is 13.4 Å². The lowest BCUT2D eigenvalue weighted by atomic mass is 10.0. The standard InChI is InChI=1S/C28H30N4O3S2/c1-21-13-16-31(17-14-21)37(33,34)26-11-5-23(6-12-26)27-20-36-28(30-24-7-9-25(35-2)10-8-24)32(27)19-22-4-3-15-29-18-22/h3-12,15,18,20-21H,13-14,16-17,19H2,1-2H3. The SMILES string of the molecule is COc1ccc(N=c2scc(-c3ccc(S(=O)(=O)N4CCC(C)CC4)cc3)n2Cc2cccnc2)cc1. The molecule has 1 aliphatic rings. The van der Waals surface area contributed by atoms with Gasteiger partial charge in [0.1, 0.15) is 5.75 Å². The van der Waals surface area contributed by atoms with Crippen LogP contribution in [-0.4, -0.2) is 42.5 Å². The Kier molecular flexibility index (Phi) is 7.55. The van der Waals surface area contributed by atoms with Gasteiger partial charge in [0.25, 0.3) is 0 Å². The lowest BCUT2D eigenvalue weighted by Crippen LogP contribution is -2.37. The number of hydrogen-bond acceptors (Lipinski definition) is 6. The fraction of sp³-hybridized carbons (Fsp3) is 0.286. The first-order chi connectivity index (χ1) is 17.9. The van der Waals surface area contributed by atoms with Gasteiger partial charge in [-0.2, -0.15) is 4.31 Å². The molecule has 7 nitrogen and oxygen atoms in total. The molecule has 0 amide bonds. The zero-order chi connectivity index (χ0) is 25.8. The van der Waals surface area contributed by atoms with Gasteiger partial charge < -0.3 is 9.30 Å². The van der Waals surface area contributed by atoms with Gasteiger partial charge in [0, 0.05) is 30.9 Å². The van der Waals surface area contributed by atoms with Crippen LogP contribution in [0.2, 0.25) is 0 Å². The van der Waals surface area contributed by atoms with Crippen molar-refractivity contribution in [3.8, 4) is 17.0 Å². The smallest absolute Gasteiger partial charge is 0.243 e. The Morgan fingerprint density at radius 3 is 2.43 bits per heavy atom. The molecular weight excluding hydrogens is 504 g/mol. The molecular formula is C28H30N4O3S2. The van der Waals surface area contributed by atoms with E-state index < -0.39 is 10.0 Å². The molecule has 0 spiro atoms. The number of pyridine rings is 1. The zero-order valence-corrected chi connectivity index (χ0v) is 22.6. The summed E-state index contributed by atoms with van der Waals surface area (Å²) in [6.07, 6.45) is 5.41. The fourth-order valence-corrected chi connectivity index (χ4v) is 6.81. The van der Waals surface area contributed by atoms with Gasteiger partial charge in [-0.05, 0) is 72.4 Å². The molecule has 0 N–H and O–H groups in total. The van der Waals surface area contributed by atoms with Crippen molar-refractivity contribution in [3.63, 3.8) is 0 Å². The highest BCUT2D eigenvalue weighted by atomic mass is 32.2. The topological polar surface area (TPSA) is 76.8 Å². The molecule has 2 aromatic carbocycles. The summed E-state index contributed by atoms with van der Waals surface area (Å²) in [7, 11) is -1.85. The van der Waals surface area contributed by atoms with E-state index in [1.807, 2.05) is 54.7 Å². The summed E-state index contributed by atoms with van der Waals surface area (Å²) in [6, 6.07) is 18.8. The summed E-state index contributed by atoms with van der Waals surface area (Å²) in [5.41, 5.74) is 3.78. The number of aromatic nitrogens is 2. The quantitative estimate of drug-likeness (QED) is 0.322. The second-order valence-electron chi connectivity index (χ2n) is 9.27. The van der Waals surface area contributed by atoms with Crippen molar-refractivity contribution in [1.82, 2.24) is 13.9 Å². The Morgan fingerprint density at radius 2 is 1.78 bits per heavy atom. The van der Waals surface area contributed by atoms with Crippen molar-refractivity contribution in [2.45, 2.75) is 31.2 Å². The molecule has 9 heteroatoms. The van der Waals surface area contributed by atoms with E-state index in [2.05, 4.69) is 21.9 Å². The van der Waals surface area contributed by atoms with Crippen LogP contribution in [0.4, 0.5) is 5.69 Å². The van der Waals surface area contributed by atoms with Crippen LogP contribution in [0, 0.1) is 5.92 Å². The maximum Gasteiger partial charge on any atom is 0.243 e. The molecule has 0 aliphatic carbocycles. The summed E-state index contributed by atoms with van der Waals surface area (Å²) in [6.45, 7) is 3.93. The lowest BCUT2D eigenvalue weighted by Gasteiger charge is -2.29. The van der Waals surface area contributed by atoms with Crippen LogP contribution in [0.1, 0.15) is 25.3 Å². The van der Waals surface area contributed by atoms with Crippen LogP contribution in [0.5, 0.6) is 5.75 Å². The molecule has 192 valence electrons. The molecule has 0 saturated carbocycles. The summed E-state index contributed by atoms with van der Waals surface area (Å²) in [5.74, 6) is 1.35. The monoisotopic (exact) mass is 534 g/mol. The van der Waals surface area contributed by atoms with Crippen molar-refractivity contribution in [1.29, 1.82) is 0 Å². The molecule has 4 aromatic rings. The average Bonchev–Trinajstić information content (AvgIpc) is 3.31. The second kappa shape index (κ2) is 11.0. The number of piperidine rings is 1. The minimum atomic E-state index is -3.49. The van der Waals surface area contributed by atoms with Crippen molar-refractivity contribution in [2.75, 3.05) is 20.2 Å². The van der Waals surface area contributed by atoms with Crippen LogP contribution < -0.4 is 9.54 Å². The first-order valence-corrected chi connectivity index (χ1v) is 14.6. The third-order valence-corrected chi connectivity index (χ3v) is 9.47. The maximum atomic E-state index is 13.2. The van der Waals surface area contributed by atoms with Gasteiger partial charge in [0.05, 0.1) is 29.9 Å². The molecule has 0 radical (unpaired) electrons. The van der Waals surface area contributed by atoms with Crippen molar-refractivity contribution in [2.24, 2.45) is 10.9 Å². The number of methoxy groups -OCH3 is 1. The summed E-state index contributed by atoms with van der Waals surface area (Å²) in [4.78, 5) is 10.3. The predicted octanol–water partition coefficient (Wildman–Crippen LogP) is 5.32. The third-order valence-electron chi connectivity index (χ3n) is 6.69. The van der Waals surface area contributed by atoms with Crippen molar-refractivity contribution >= 4 is 27.0 Å². The molecule has 0 atom stereocenters. The average molecular weight is 535 g/mol. The Labute approximate surface area is 221 Å². The predicted molar refractivity (Wildman–Crippen MR) is 146 cm³/mol. The van der Waals surface area contributed by atoms with E-state index >= 15 is 0 Å². The lowest BCUT2D eigenvalue weighted by molar-refractivity contribution is 0.288. The normalized spacial score (nSPS) is 15.7. The number of nitrogens with zero attached hydrogens (tertiary/aromatic N) is 4. The zero-order valence-electron chi connectivity index (χ0n) is 20.9. The Morgan fingerprint density at radius 1 is 1.05 bits per heavy atom. The molecule has 3 heterocycles. The van der Waals surface area contributed by atoms with Gasteiger partial charge in [-0.1, -0.05) is 25.1 Å². The molecule has 5 rings (SSSR count). The van der Waals surface area contributed by atoms with E-state index in [0.717, 1.165) is 45.9 Å². The van der Waals surface area contributed by atoms with Gasteiger partial charge >= 0.3 is 0 Å². The van der Waals surface area contributed by atoms with Crippen LogP contribution in [0.25, 0.3) is 11.3 Å². The van der Waals surface area contributed by atoms with E-state index in [1.165, 1.54) is 0 Å². The minimum absolute atomic E-state index is 0.336. The van der Waals surface area contributed by atoms with E-state index in [4.69, 9.17) is 9.73 Å². The molecule has 1 fully saturated rings. The highest BCUT2D eigenvalue weighted by molar-refractivity contribution is 7.89. The first kappa shape index (κ1) is 25.4. The Hall–Kier alpha value is -3.27. The van der Waals surface area contributed by atoms with E-state index in [-0.39, 0.29) is 0 Å². The number of sulfonamides is 1.